The molecule has 0 aliphatic carbocycles. The van der Waals surface area contributed by atoms with Gasteiger partial charge in [-0.3, -0.25) is 9.59 Å². The molecule has 3 atom stereocenters. The third-order valence-corrected chi connectivity index (χ3v) is 5.47. The first kappa shape index (κ1) is 28.1. The van der Waals surface area contributed by atoms with Crippen LogP contribution in [0.3, 0.4) is 0 Å². The number of ether oxygens (including phenoxy) is 2. The molecular formula is C25H37N3O7. The van der Waals surface area contributed by atoms with Gasteiger partial charge in [0.2, 0.25) is 5.91 Å². The molecule has 1 aromatic carbocycles. The maximum atomic E-state index is 12.5. The Hall–Kier alpha value is -3.14. The molecule has 1 heterocycles. The normalized spacial score (nSPS) is 17.3. The van der Waals surface area contributed by atoms with Gasteiger partial charge in [0.05, 0.1) is 0 Å². The van der Waals surface area contributed by atoms with Crippen LogP contribution in [0.1, 0.15) is 57.9 Å². The lowest BCUT2D eigenvalue weighted by molar-refractivity contribution is -0.138. The molecule has 1 aliphatic heterocycles. The van der Waals surface area contributed by atoms with Crippen LogP contribution in [0.5, 0.6) is 0 Å². The third-order valence-electron chi connectivity index (χ3n) is 5.47. The van der Waals surface area contributed by atoms with E-state index in [1.165, 1.54) is 0 Å². The van der Waals surface area contributed by atoms with Crippen molar-refractivity contribution in [3.8, 4) is 0 Å². The van der Waals surface area contributed by atoms with E-state index in [0.29, 0.717) is 19.5 Å². The minimum atomic E-state index is -1.19. The standard InChI is InChI=1S/C25H37N3O7/c1-17(2)15-19(28-23(30)20-21(35-20)24(31)32)22(29)26-13-9-4-3-5-10-14-27-25(33)34-16-18-11-7-6-8-12-18/h6-8,11-12,17,19-21H,3-5,9-10,13-16H2,1-2H3,(H,26,29)(H,27,33)(H,28,30)(H,31,32)/t19-,20-,21-/m0/s1. The summed E-state index contributed by atoms with van der Waals surface area (Å²) in [5.41, 5.74) is 0.941. The van der Waals surface area contributed by atoms with Gasteiger partial charge in [0, 0.05) is 13.1 Å². The smallest absolute Gasteiger partial charge is 0.407 e. The molecule has 10 nitrogen and oxygen atoms in total. The maximum absolute atomic E-state index is 12.5. The van der Waals surface area contributed by atoms with Crippen molar-refractivity contribution in [1.82, 2.24) is 16.0 Å². The Balaban J connectivity index is 1.51. The Morgan fingerprint density at radius 3 is 2.17 bits per heavy atom. The van der Waals surface area contributed by atoms with Crippen LogP contribution in [-0.4, -0.2) is 60.3 Å². The van der Waals surface area contributed by atoms with Crippen LogP contribution in [-0.2, 0) is 30.5 Å². The van der Waals surface area contributed by atoms with Crippen molar-refractivity contribution >= 4 is 23.9 Å². The second-order valence-electron chi connectivity index (χ2n) is 9.05. The van der Waals surface area contributed by atoms with E-state index in [1.807, 2.05) is 44.2 Å². The molecule has 1 aliphatic rings. The van der Waals surface area contributed by atoms with Crippen molar-refractivity contribution in [2.24, 2.45) is 5.92 Å². The molecule has 35 heavy (non-hydrogen) atoms. The Morgan fingerprint density at radius 2 is 1.57 bits per heavy atom. The highest BCUT2D eigenvalue weighted by Gasteiger charge is 2.51. The Bertz CT molecular complexity index is 832. The van der Waals surface area contributed by atoms with Gasteiger partial charge in [-0.25, -0.2) is 9.59 Å². The summed E-state index contributed by atoms with van der Waals surface area (Å²) < 4.78 is 10.0. The third kappa shape index (κ3) is 11.2. The fraction of sp³-hybridized carbons (Fsp3) is 0.600. The second kappa shape index (κ2) is 15.0. The van der Waals surface area contributed by atoms with Gasteiger partial charge in [0.25, 0.3) is 5.91 Å². The monoisotopic (exact) mass is 491 g/mol. The predicted molar refractivity (Wildman–Crippen MR) is 128 cm³/mol. The maximum Gasteiger partial charge on any atom is 0.407 e. The number of epoxide rings is 1. The van der Waals surface area contributed by atoms with E-state index in [1.54, 1.807) is 0 Å². The Kier molecular flexibility index (Phi) is 12.0. The molecule has 0 aromatic heterocycles. The number of unbranched alkanes of at least 4 members (excludes halogenated alkanes) is 4. The van der Waals surface area contributed by atoms with Crippen molar-refractivity contribution in [3.05, 3.63) is 35.9 Å². The summed E-state index contributed by atoms with van der Waals surface area (Å²) in [6.07, 6.45) is 2.35. The molecule has 0 saturated carbocycles. The summed E-state index contributed by atoms with van der Waals surface area (Å²) in [6.45, 7) is 5.17. The van der Waals surface area contributed by atoms with Gasteiger partial charge < -0.3 is 30.5 Å². The molecule has 194 valence electrons. The van der Waals surface area contributed by atoms with E-state index >= 15 is 0 Å². The summed E-state index contributed by atoms with van der Waals surface area (Å²) in [5, 5.41) is 17.1. The number of nitrogens with one attached hydrogen (secondary N) is 3. The molecule has 2 rings (SSSR count). The Morgan fingerprint density at radius 1 is 0.943 bits per heavy atom. The average molecular weight is 492 g/mol. The molecule has 1 saturated heterocycles. The molecule has 1 aromatic rings. The lowest BCUT2D eigenvalue weighted by atomic mass is 10.0. The molecule has 1 fully saturated rings. The highest BCUT2D eigenvalue weighted by molar-refractivity contribution is 5.95. The van der Waals surface area contributed by atoms with Crippen molar-refractivity contribution in [2.75, 3.05) is 13.1 Å². The van der Waals surface area contributed by atoms with Crippen LogP contribution in [0.15, 0.2) is 30.3 Å². The molecule has 0 spiro atoms. The van der Waals surface area contributed by atoms with Crippen LogP contribution in [0.2, 0.25) is 0 Å². The summed E-state index contributed by atoms with van der Waals surface area (Å²) in [4.78, 5) is 47.2. The fourth-order valence-electron chi connectivity index (χ4n) is 3.54. The highest BCUT2D eigenvalue weighted by Crippen LogP contribution is 2.22. The quantitative estimate of drug-likeness (QED) is 0.205. The summed E-state index contributed by atoms with van der Waals surface area (Å²) in [7, 11) is 0. The number of carboxylic acids is 1. The largest absolute Gasteiger partial charge is 0.479 e. The zero-order valence-electron chi connectivity index (χ0n) is 20.5. The SMILES string of the molecule is CC(C)C[C@H](NC(=O)[C@H]1O[C@@H]1C(=O)O)C(=O)NCCCCCCCNC(=O)OCc1ccccc1. The van der Waals surface area contributed by atoms with E-state index in [-0.39, 0.29) is 18.4 Å². The van der Waals surface area contributed by atoms with Crippen molar-refractivity contribution in [1.29, 1.82) is 0 Å². The van der Waals surface area contributed by atoms with Crippen molar-refractivity contribution in [3.63, 3.8) is 0 Å². The predicted octanol–water partition coefficient (Wildman–Crippen LogP) is 2.36. The number of benzene rings is 1. The second-order valence-corrected chi connectivity index (χ2v) is 9.05. The van der Waals surface area contributed by atoms with E-state index < -0.39 is 36.2 Å². The minimum absolute atomic E-state index is 0.172. The van der Waals surface area contributed by atoms with Gasteiger partial charge in [-0.05, 0) is 30.7 Å². The van der Waals surface area contributed by atoms with Crippen LogP contribution >= 0.6 is 0 Å². The van der Waals surface area contributed by atoms with Gasteiger partial charge >= 0.3 is 12.1 Å². The van der Waals surface area contributed by atoms with Gasteiger partial charge in [-0.1, -0.05) is 63.4 Å². The molecule has 4 N–H and O–H groups in total. The number of amides is 3. The van der Waals surface area contributed by atoms with E-state index in [9.17, 15) is 19.2 Å². The number of carbonyl (C=O) groups excluding carboxylic acids is 3. The summed E-state index contributed by atoms with van der Waals surface area (Å²) in [5.74, 6) is -1.87. The minimum Gasteiger partial charge on any atom is -0.479 e. The number of aliphatic carboxylic acids is 1. The number of rotatable bonds is 16. The van der Waals surface area contributed by atoms with Crippen molar-refractivity contribution in [2.45, 2.75) is 77.2 Å². The van der Waals surface area contributed by atoms with Crippen LogP contribution < -0.4 is 16.0 Å². The Labute approximate surface area is 206 Å². The van der Waals surface area contributed by atoms with E-state index in [2.05, 4.69) is 16.0 Å². The lowest BCUT2D eigenvalue weighted by Gasteiger charge is -2.19. The first-order valence-electron chi connectivity index (χ1n) is 12.2. The molecule has 0 bridgehead atoms. The number of hydrogen-bond acceptors (Lipinski definition) is 6. The fourth-order valence-corrected chi connectivity index (χ4v) is 3.54. The average Bonchev–Trinajstić information content (AvgIpc) is 3.63. The van der Waals surface area contributed by atoms with E-state index in [4.69, 9.17) is 14.6 Å². The number of carboxylic acid groups (broad SMARTS) is 1. The zero-order chi connectivity index (χ0) is 25.6. The summed E-state index contributed by atoms with van der Waals surface area (Å²) in [6, 6.07) is 8.77. The van der Waals surface area contributed by atoms with Crippen LogP contribution in [0.4, 0.5) is 4.79 Å². The van der Waals surface area contributed by atoms with E-state index in [0.717, 1.165) is 37.7 Å². The molecule has 0 radical (unpaired) electrons. The first-order valence-corrected chi connectivity index (χ1v) is 12.2. The van der Waals surface area contributed by atoms with Gasteiger partial charge in [0.1, 0.15) is 12.6 Å². The van der Waals surface area contributed by atoms with Crippen LogP contribution in [0.25, 0.3) is 0 Å². The summed E-state index contributed by atoms with van der Waals surface area (Å²) >= 11 is 0. The number of alkyl carbamates (subject to hydrolysis) is 1. The number of hydrogen-bond donors (Lipinski definition) is 4. The van der Waals surface area contributed by atoms with Gasteiger partial charge in [-0.15, -0.1) is 0 Å². The van der Waals surface area contributed by atoms with Gasteiger partial charge in [-0.2, -0.15) is 0 Å². The molecular weight excluding hydrogens is 454 g/mol. The first-order chi connectivity index (χ1) is 16.8. The van der Waals surface area contributed by atoms with Crippen LogP contribution in [0, 0.1) is 5.92 Å². The lowest BCUT2D eigenvalue weighted by Crippen LogP contribution is -2.49. The van der Waals surface area contributed by atoms with Crippen molar-refractivity contribution < 1.29 is 33.8 Å². The molecule has 3 amide bonds. The number of carbonyl (C=O) groups is 4. The van der Waals surface area contributed by atoms with Gasteiger partial charge in [0.15, 0.2) is 12.2 Å². The molecule has 0 unspecified atom stereocenters. The molecule has 10 heteroatoms. The highest BCUT2D eigenvalue weighted by atomic mass is 16.6. The topological polar surface area (TPSA) is 146 Å². The zero-order valence-corrected chi connectivity index (χ0v) is 20.5.